The van der Waals surface area contributed by atoms with Crippen LogP contribution >= 0.6 is 0 Å². The van der Waals surface area contributed by atoms with Crippen LogP contribution in [0.1, 0.15) is 31.9 Å². The molecule has 4 rings (SSSR count). The SMILES string of the molecule is COC(=O)C(C)(C)C1=C[N+]2([O-])C(=N1)N=C(Cc1ccccc1F)C(C)=C2c1cccc(OC)c1. The molecule has 2 heterocycles. The van der Waals surface area contributed by atoms with Gasteiger partial charge in [0.1, 0.15) is 28.9 Å². The maximum Gasteiger partial charge on any atom is 0.339 e. The van der Waals surface area contributed by atoms with Gasteiger partial charge in [0.2, 0.25) is 0 Å². The van der Waals surface area contributed by atoms with Crippen molar-refractivity contribution in [3.8, 4) is 5.75 Å². The number of hydrogen-bond acceptors (Lipinski definition) is 6. The Morgan fingerprint density at radius 2 is 1.85 bits per heavy atom. The lowest BCUT2D eigenvalue weighted by Gasteiger charge is -2.39. The Labute approximate surface area is 197 Å². The summed E-state index contributed by atoms with van der Waals surface area (Å²) < 4.78 is 23.7. The van der Waals surface area contributed by atoms with Gasteiger partial charge >= 0.3 is 11.9 Å². The number of quaternary nitrogens is 1. The zero-order valence-electron chi connectivity index (χ0n) is 19.8. The van der Waals surface area contributed by atoms with Crippen LogP contribution in [0, 0.1) is 16.4 Å². The first-order valence-electron chi connectivity index (χ1n) is 10.8. The highest BCUT2D eigenvalue weighted by molar-refractivity contribution is 6.14. The van der Waals surface area contributed by atoms with E-state index in [1.54, 1.807) is 70.3 Å². The molecular formula is C26H26FN3O4. The zero-order valence-corrected chi connectivity index (χ0v) is 19.8. The highest BCUT2D eigenvalue weighted by atomic mass is 19.1. The lowest BCUT2D eigenvalue weighted by atomic mass is 9.90. The molecule has 0 N–H and O–H groups in total. The number of allylic oxidation sites excluding steroid dienone is 1. The Bertz CT molecular complexity index is 1290. The van der Waals surface area contributed by atoms with Gasteiger partial charge in [-0.3, -0.25) is 4.79 Å². The fraction of sp³-hybridized carbons (Fsp3) is 0.269. The van der Waals surface area contributed by atoms with Gasteiger partial charge in [-0.25, -0.2) is 9.04 Å². The van der Waals surface area contributed by atoms with Gasteiger partial charge in [-0.1, -0.05) is 24.3 Å². The van der Waals surface area contributed by atoms with Crippen molar-refractivity contribution in [2.75, 3.05) is 14.2 Å². The molecule has 1 unspecified atom stereocenters. The third-order valence-corrected chi connectivity index (χ3v) is 6.17. The quantitative estimate of drug-likeness (QED) is 0.343. The standard InChI is InChI=1S/C26H26FN3O4/c1-16-21(14-17-9-6-7-12-20(17)27)28-25-29-22(26(2,3)24(31)34-5)15-30(25,32)23(16)18-10-8-11-19(13-18)33-4/h6-13,15H,14H2,1-5H3. The van der Waals surface area contributed by atoms with Crippen molar-refractivity contribution in [3.05, 3.63) is 88.2 Å². The van der Waals surface area contributed by atoms with Crippen LogP contribution in [0.4, 0.5) is 4.39 Å². The Kier molecular flexibility index (Phi) is 5.97. The third kappa shape index (κ3) is 3.85. The molecule has 0 spiro atoms. The summed E-state index contributed by atoms with van der Waals surface area (Å²) in [5.41, 5.74) is 1.69. The lowest BCUT2D eigenvalue weighted by Crippen LogP contribution is -2.42. The van der Waals surface area contributed by atoms with Crippen LogP contribution in [0.2, 0.25) is 0 Å². The van der Waals surface area contributed by atoms with Crippen molar-refractivity contribution >= 4 is 23.3 Å². The Morgan fingerprint density at radius 3 is 2.53 bits per heavy atom. The summed E-state index contributed by atoms with van der Waals surface area (Å²) in [5.74, 6) is -0.330. The summed E-state index contributed by atoms with van der Waals surface area (Å²) in [6, 6.07) is 13.6. The van der Waals surface area contributed by atoms with Gasteiger partial charge in [0.25, 0.3) is 0 Å². The van der Waals surface area contributed by atoms with E-state index in [1.165, 1.54) is 19.4 Å². The summed E-state index contributed by atoms with van der Waals surface area (Å²) in [5, 5.41) is 14.4. The number of ether oxygens (including phenoxy) is 2. The van der Waals surface area contributed by atoms with Gasteiger partial charge < -0.3 is 14.7 Å². The van der Waals surface area contributed by atoms with Crippen molar-refractivity contribution in [2.45, 2.75) is 27.2 Å². The number of rotatable bonds is 6. The number of carbonyl (C=O) groups excluding carboxylic acids is 1. The fourth-order valence-electron chi connectivity index (χ4n) is 4.13. The number of hydrogen-bond donors (Lipinski definition) is 0. The summed E-state index contributed by atoms with van der Waals surface area (Å²) >= 11 is 0. The highest BCUT2D eigenvalue weighted by Crippen LogP contribution is 2.44. The first-order valence-corrected chi connectivity index (χ1v) is 10.8. The molecule has 34 heavy (non-hydrogen) atoms. The number of guanidine groups is 1. The first kappa shape index (κ1) is 23.5. The summed E-state index contributed by atoms with van der Waals surface area (Å²) in [7, 11) is 2.84. The van der Waals surface area contributed by atoms with Crippen LogP contribution in [0.3, 0.4) is 0 Å². The van der Waals surface area contributed by atoms with Crippen LogP contribution < -0.4 is 4.74 Å². The molecule has 0 amide bonds. The van der Waals surface area contributed by atoms with Crippen LogP contribution in [0.5, 0.6) is 5.75 Å². The molecule has 0 saturated heterocycles. The molecule has 8 heteroatoms. The van der Waals surface area contributed by atoms with E-state index in [4.69, 9.17) is 9.47 Å². The van der Waals surface area contributed by atoms with E-state index in [-0.39, 0.29) is 23.9 Å². The van der Waals surface area contributed by atoms with Crippen LogP contribution in [-0.2, 0) is 16.0 Å². The monoisotopic (exact) mass is 463 g/mol. The molecule has 2 aromatic rings. The minimum atomic E-state index is -1.16. The van der Waals surface area contributed by atoms with Crippen LogP contribution in [0.25, 0.3) is 5.70 Å². The normalized spacial score (nSPS) is 19.8. The van der Waals surface area contributed by atoms with Gasteiger partial charge in [-0.05, 0) is 50.6 Å². The minimum Gasteiger partial charge on any atom is -0.614 e. The van der Waals surface area contributed by atoms with E-state index >= 15 is 0 Å². The Balaban J connectivity index is 1.92. The summed E-state index contributed by atoms with van der Waals surface area (Å²) in [4.78, 5) is 21.5. The molecule has 176 valence electrons. The van der Waals surface area contributed by atoms with Crippen molar-refractivity contribution < 1.29 is 23.3 Å². The number of nitrogens with zero attached hydrogens (tertiary/aromatic N) is 3. The maximum atomic E-state index is 14.4. The summed E-state index contributed by atoms with van der Waals surface area (Å²) in [6.45, 7) is 5.08. The number of aliphatic imine (C=N–C) groups is 2. The van der Waals surface area contributed by atoms with Crippen molar-refractivity contribution in [3.63, 3.8) is 0 Å². The molecule has 1 atom stereocenters. The molecular weight excluding hydrogens is 437 g/mol. The number of fused-ring (bicyclic) bond motifs is 1. The van der Waals surface area contributed by atoms with E-state index in [2.05, 4.69) is 9.98 Å². The fourth-order valence-corrected chi connectivity index (χ4v) is 4.13. The predicted octanol–water partition coefficient (Wildman–Crippen LogP) is 4.99. The number of hydroxylamine groups is 3. The molecule has 2 aromatic carbocycles. The van der Waals surface area contributed by atoms with E-state index in [9.17, 15) is 14.4 Å². The third-order valence-electron chi connectivity index (χ3n) is 6.17. The molecule has 2 aliphatic heterocycles. The predicted molar refractivity (Wildman–Crippen MR) is 128 cm³/mol. The van der Waals surface area contributed by atoms with Gasteiger partial charge in [0, 0.05) is 17.6 Å². The number of methoxy groups -OCH3 is 2. The smallest absolute Gasteiger partial charge is 0.339 e. The maximum absolute atomic E-state index is 14.4. The van der Waals surface area contributed by atoms with Gasteiger partial charge in [0.05, 0.1) is 19.9 Å². The average Bonchev–Trinajstić information content (AvgIpc) is 3.17. The second-order valence-electron chi connectivity index (χ2n) is 8.73. The lowest BCUT2D eigenvalue weighted by molar-refractivity contribution is -0.647. The number of halogens is 1. The van der Waals surface area contributed by atoms with E-state index < -0.39 is 16.0 Å². The Hall–Kier alpha value is -3.62. The van der Waals surface area contributed by atoms with E-state index in [0.717, 1.165) is 0 Å². The van der Waals surface area contributed by atoms with E-state index in [1.807, 2.05) is 0 Å². The van der Waals surface area contributed by atoms with Crippen molar-refractivity contribution in [1.82, 2.24) is 0 Å². The van der Waals surface area contributed by atoms with Gasteiger partial charge in [-0.15, -0.1) is 0 Å². The van der Waals surface area contributed by atoms with Crippen LogP contribution in [0.15, 0.2) is 76.0 Å². The van der Waals surface area contributed by atoms with Crippen molar-refractivity contribution in [2.24, 2.45) is 15.4 Å². The zero-order chi connectivity index (χ0) is 24.7. The molecule has 0 bridgehead atoms. The molecule has 7 nitrogen and oxygen atoms in total. The summed E-state index contributed by atoms with van der Waals surface area (Å²) in [6.07, 6.45) is 1.56. The van der Waals surface area contributed by atoms with E-state index in [0.29, 0.717) is 33.9 Å². The topological polar surface area (TPSA) is 83.3 Å². The number of esters is 1. The highest BCUT2D eigenvalue weighted by Gasteiger charge is 2.47. The van der Waals surface area contributed by atoms with Crippen molar-refractivity contribution in [1.29, 1.82) is 0 Å². The largest absolute Gasteiger partial charge is 0.614 e. The molecule has 0 aromatic heterocycles. The number of benzene rings is 2. The molecule has 0 saturated carbocycles. The second kappa shape index (κ2) is 8.62. The molecule has 0 fully saturated rings. The minimum absolute atomic E-state index is 0.0401. The molecule has 2 aliphatic rings. The Morgan fingerprint density at radius 1 is 1.12 bits per heavy atom. The second-order valence-corrected chi connectivity index (χ2v) is 8.73. The molecule has 0 aliphatic carbocycles. The molecule has 0 radical (unpaired) electrons. The van der Waals surface area contributed by atoms with Gasteiger partial charge in [0.15, 0.2) is 5.70 Å². The number of carbonyl (C=O) groups is 1. The van der Waals surface area contributed by atoms with Crippen LogP contribution in [-0.4, -0.2) is 36.5 Å². The van der Waals surface area contributed by atoms with Gasteiger partial charge in [-0.2, -0.15) is 9.98 Å². The first-order chi connectivity index (χ1) is 16.1. The average molecular weight is 464 g/mol.